The standard InChI is InChI=1S/C88H62N20/c1-47-67(21-9-55-31-89-39-97-81(47)55)105(68-22-10-56-32-90-40-98-82(56)48(68)2)75-29-76(106(69-23-11-57-33-91-41-99-83(57)49(69)3)70-24-12-58-34-92-42-100-84(58)50(70)4)64-19-20-66-78(108(73-27-15-61-37-95-45-103-87(61)53(73)7)74-28-16-62-38-96-46-104-88(62)54(74)8)30-77(65-18-17-63(75)79(64)80(65)66)107(71-25-13-59-35-93-43-101-85(59)51(71)5)72-26-14-60-36-94-44-102-86(60)52(72)6/h9-46H,1-8H3. The van der Waals surface area contributed by atoms with Crippen molar-refractivity contribution in [2.24, 2.45) is 0 Å². The first-order valence-corrected chi connectivity index (χ1v) is 35.5. The Morgan fingerprint density at radius 2 is 0.324 bits per heavy atom. The zero-order chi connectivity index (χ0) is 72.7. The lowest BCUT2D eigenvalue weighted by atomic mass is 9.88. The van der Waals surface area contributed by atoms with Crippen LogP contribution < -0.4 is 19.6 Å². The molecule has 0 aliphatic rings. The van der Waals surface area contributed by atoms with Crippen molar-refractivity contribution in [2.75, 3.05) is 19.6 Å². The van der Waals surface area contributed by atoms with Crippen molar-refractivity contribution in [3.05, 3.63) is 278 Å². The van der Waals surface area contributed by atoms with Crippen LogP contribution in [-0.4, -0.2) is 79.7 Å². The Morgan fingerprint density at radius 1 is 0.176 bits per heavy atom. The van der Waals surface area contributed by atoms with Crippen LogP contribution in [0.5, 0.6) is 0 Å². The molecule has 0 aliphatic carbocycles. The van der Waals surface area contributed by atoms with Crippen molar-refractivity contribution in [1.29, 1.82) is 0 Å². The van der Waals surface area contributed by atoms with Gasteiger partial charge in [0.1, 0.15) is 50.6 Å². The van der Waals surface area contributed by atoms with E-state index in [2.05, 4.69) is 248 Å². The van der Waals surface area contributed by atoms with Gasteiger partial charge in [-0.1, -0.05) is 24.3 Å². The number of aromatic nitrogens is 16. The molecule has 0 N–H and O–H groups in total. The molecular weight excluding hydrogens is 1340 g/mol. The molecule has 8 aromatic heterocycles. The average molecular weight is 1400 g/mol. The predicted molar refractivity (Wildman–Crippen MR) is 432 cm³/mol. The van der Waals surface area contributed by atoms with Gasteiger partial charge in [0.15, 0.2) is 0 Å². The second-order valence-corrected chi connectivity index (χ2v) is 27.6. The van der Waals surface area contributed by atoms with Crippen LogP contribution in [0, 0.1) is 55.4 Å². The van der Waals surface area contributed by atoms with E-state index in [9.17, 15) is 0 Å². The lowest BCUT2D eigenvalue weighted by Gasteiger charge is -2.36. The molecule has 0 saturated carbocycles. The van der Waals surface area contributed by atoms with Gasteiger partial charge in [-0.15, -0.1) is 0 Å². The molecular formula is C88H62N20. The molecule has 0 fully saturated rings. The van der Waals surface area contributed by atoms with Crippen molar-refractivity contribution in [3.63, 3.8) is 0 Å². The summed E-state index contributed by atoms with van der Waals surface area (Å²) in [4.78, 5) is 86.1. The highest BCUT2D eigenvalue weighted by molar-refractivity contribution is 6.33. The Balaban J connectivity index is 1.02. The summed E-state index contributed by atoms with van der Waals surface area (Å²) in [5.74, 6) is 0. The number of fused-ring (bicyclic) bond motifs is 8. The molecule has 0 unspecified atom stereocenters. The van der Waals surface area contributed by atoms with E-state index in [1.165, 1.54) is 0 Å². The molecule has 20 heteroatoms. The van der Waals surface area contributed by atoms with Crippen LogP contribution in [-0.2, 0) is 0 Å². The Morgan fingerprint density at radius 3 is 0.472 bits per heavy atom. The number of anilines is 12. The lowest BCUT2D eigenvalue weighted by Crippen LogP contribution is -2.18. The highest BCUT2D eigenvalue weighted by Crippen LogP contribution is 2.58. The van der Waals surface area contributed by atoms with Gasteiger partial charge in [-0.05, 0) is 209 Å². The molecule has 0 atom stereocenters. The Labute approximate surface area is 617 Å². The summed E-state index contributed by atoms with van der Waals surface area (Å²) in [7, 11) is 0. The molecule has 0 amide bonds. The zero-order valence-electron chi connectivity index (χ0n) is 59.9. The molecule has 0 aliphatic heterocycles. The van der Waals surface area contributed by atoms with Gasteiger partial charge in [-0.3, -0.25) is 0 Å². The first kappa shape index (κ1) is 63.3. The molecule has 8 heterocycles. The molecule has 108 heavy (non-hydrogen) atoms. The summed E-state index contributed by atoms with van der Waals surface area (Å²) >= 11 is 0. The highest BCUT2D eigenvalue weighted by Gasteiger charge is 2.34. The zero-order valence-corrected chi connectivity index (χ0v) is 59.9. The quantitative estimate of drug-likeness (QED) is 0.104. The Bertz CT molecular complexity index is 6010. The summed E-state index contributed by atoms with van der Waals surface area (Å²) in [6.07, 6.45) is 28.1. The maximum absolute atomic E-state index is 5.03. The van der Waals surface area contributed by atoms with Crippen LogP contribution in [0.15, 0.2) is 234 Å². The predicted octanol–water partition coefficient (Wildman–Crippen LogP) is 20.5. The molecule has 0 saturated heterocycles. The van der Waals surface area contributed by atoms with Crippen LogP contribution in [0.3, 0.4) is 0 Å². The molecule has 20 aromatic rings. The van der Waals surface area contributed by atoms with Gasteiger partial charge >= 0.3 is 0 Å². The topological polar surface area (TPSA) is 219 Å². The van der Waals surface area contributed by atoms with E-state index in [0.717, 1.165) is 232 Å². The fraction of sp³-hybridized carbons (Fsp3) is 0.0909. The van der Waals surface area contributed by atoms with Gasteiger partial charge in [0, 0.05) is 125 Å². The van der Waals surface area contributed by atoms with E-state index in [1.807, 2.05) is 49.6 Å². The van der Waals surface area contributed by atoms with Crippen molar-refractivity contribution >= 4 is 188 Å². The van der Waals surface area contributed by atoms with Gasteiger partial charge in [-0.2, -0.15) is 0 Å². The van der Waals surface area contributed by atoms with E-state index >= 15 is 0 Å². The Kier molecular flexibility index (Phi) is 14.4. The minimum absolute atomic E-state index is 0.821. The highest BCUT2D eigenvalue weighted by atomic mass is 15.2. The lowest BCUT2D eigenvalue weighted by molar-refractivity contribution is 1.18. The third-order valence-electron chi connectivity index (χ3n) is 21.9. The second-order valence-electron chi connectivity index (χ2n) is 27.6. The van der Waals surface area contributed by atoms with Crippen LogP contribution in [0.2, 0.25) is 0 Å². The number of hydrogen-bond donors (Lipinski definition) is 0. The molecule has 0 spiro atoms. The Hall–Kier alpha value is -14.4. The van der Waals surface area contributed by atoms with Crippen molar-refractivity contribution < 1.29 is 0 Å². The van der Waals surface area contributed by atoms with Crippen LogP contribution >= 0.6 is 0 Å². The average Bonchev–Trinajstić information content (AvgIpc) is 0.694. The third kappa shape index (κ3) is 9.62. The maximum atomic E-state index is 5.03. The molecule has 0 bridgehead atoms. The molecule has 514 valence electrons. The number of aryl methyl sites for hydroxylation is 8. The van der Waals surface area contributed by atoms with E-state index in [-0.39, 0.29) is 0 Å². The molecule has 12 aromatic carbocycles. The van der Waals surface area contributed by atoms with Crippen molar-refractivity contribution in [1.82, 2.24) is 79.7 Å². The minimum Gasteiger partial charge on any atom is -0.309 e. The summed E-state index contributed by atoms with van der Waals surface area (Å²) in [5.41, 5.74) is 24.9. The summed E-state index contributed by atoms with van der Waals surface area (Å²) in [6, 6.07) is 48.7. The van der Waals surface area contributed by atoms with Crippen LogP contribution in [0.4, 0.5) is 68.2 Å². The van der Waals surface area contributed by atoms with Crippen LogP contribution in [0.25, 0.3) is 120 Å². The van der Waals surface area contributed by atoms with Crippen LogP contribution in [0.1, 0.15) is 44.5 Å². The largest absolute Gasteiger partial charge is 0.309 e. The third-order valence-corrected chi connectivity index (χ3v) is 21.9. The van der Waals surface area contributed by atoms with Gasteiger partial charge in [0.25, 0.3) is 0 Å². The van der Waals surface area contributed by atoms with E-state index < -0.39 is 0 Å². The van der Waals surface area contributed by atoms with Crippen molar-refractivity contribution in [2.45, 2.75) is 55.4 Å². The normalized spacial score (nSPS) is 11.9. The molecule has 0 radical (unpaired) electrons. The maximum Gasteiger partial charge on any atom is 0.116 e. The summed E-state index contributed by atoms with van der Waals surface area (Å²) < 4.78 is 0. The number of nitrogens with zero attached hydrogens (tertiary/aromatic N) is 20. The first-order valence-electron chi connectivity index (χ1n) is 35.5. The van der Waals surface area contributed by atoms with E-state index in [0.29, 0.717) is 0 Å². The second kappa shape index (κ2) is 24.6. The van der Waals surface area contributed by atoms with Gasteiger partial charge in [0.2, 0.25) is 0 Å². The number of rotatable bonds is 12. The fourth-order valence-corrected chi connectivity index (χ4v) is 16.7. The van der Waals surface area contributed by atoms with Gasteiger partial charge in [0.05, 0.1) is 112 Å². The summed E-state index contributed by atoms with van der Waals surface area (Å²) in [6.45, 7) is 17.3. The number of benzene rings is 12. The monoisotopic (exact) mass is 1400 g/mol. The van der Waals surface area contributed by atoms with Gasteiger partial charge < -0.3 is 19.6 Å². The smallest absolute Gasteiger partial charge is 0.116 e. The minimum atomic E-state index is 0.821. The van der Waals surface area contributed by atoms with Gasteiger partial charge in [-0.25, -0.2) is 79.7 Å². The first-order chi connectivity index (χ1) is 52.9. The SMILES string of the molecule is Cc1c(N(c2ccc3cncnc3c2C)c2cc(N(c3ccc4cncnc4c3C)c3ccc4cncnc4c3C)c3ccc4c(N(c5ccc6cncnc6c5C)c5ccc6cncnc6c5C)cc(N(c5ccc6cncnc6c5C)c5ccc6cncnc6c5C)c5ccc2c3c54)ccc2cncnc12. The molecule has 20 nitrogen and oxygen atoms in total. The van der Waals surface area contributed by atoms with Crippen molar-refractivity contribution in [3.8, 4) is 0 Å². The summed E-state index contributed by atoms with van der Waals surface area (Å²) in [5, 5.41) is 13.1. The molecule has 20 rings (SSSR count). The van der Waals surface area contributed by atoms with E-state index in [1.54, 1.807) is 50.6 Å². The van der Waals surface area contributed by atoms with E-state index in [4.69, 9.17) is 39.9 Å². The fourth-order valence-electron chi connectivity index (χ4n) is 16.7. The number of hydrogen-bond acceptors (Lipinski definition) is 20.